The van der Waals surface area contributed by atoms with Gasteiger partial charge < -0.3 is 14.2 Å². The predicted octanol–water partition coefficient (Wildman–Crippen LogP) is 2.78. The first-order valence-electron chi connectivity index (χ1n) is 10.8. The van der Waals surface area contributed by atoms with Gasteiger partial charge >= 0.3 is 0 Å². The van der Waals surface area contributed by atoms with Crippen LogP contribution >= 0.6 is 0 Å². The van der Waals surface area contributed by atoms with Gasteiger partial charge in [0.15, 0.2) is 0 Å². The number of nitrogens with one attached hydrogen (secondary N) is 1. The lowest BCUT2D eigenvalue weighted by atomic mass is 10.1. The molecule has 2 aromatic carbocycles. The van der Waals surface area contributed by atoms with Crippen molar-refractivity contribution >= 4 is 16.0 Å². The van der Waals surface area contributed by atoms with E-state index in [1.54, 1.807) is 22.8 Å². The number of anilines is 1. The number of nitriles is 1. The number of hydrogen-bond donors (Lipinski definition) is 1. The zero-order chi connectivity index (χ0) is 25.0. The van der Waals surface area contributed by atoms with Crippen LogP contribution in [0.4, 0.5) is 10.3 Å². The SMILES string of the molecule is COc1cccc(OC)c1-n1c(NS(=O)(=O)CCc2ccc(F)cc2C#N)nnc1[C@@H]1CCOC1. The number of aryl methyl sites for hydroxylation is 1. The van der Waals surface area contributed by atoms with Crippen molar-refractivity contribution in [3.05, 3.63) is 59.2 Å². The van der Waals surface area contributed by atoms with E-state index in [-0.39, 0.29) is 29.6 Å². The summed E-state index contributed by atoms with van der Waals surface area (Å²) in [4.78, 5) is 0. The average molecular weight is 502 g/mol. The van der Waals surface area contributed by atoms with Gasteiger partial charge in [-0.15, -0.1) is 10.2 Å². The lowest BCUT2D eigenvalue weighted by Crippen LogP contribution is -2.22. The Morgan fingerprint density at radius 1 is 1.23 bits per heavy atom. The Morgan fingerprint density at radius 3 is 2.60 bits per heavy atom. The number of nitrogens with zero attached hydrogens (tertiary/aromatic N) is 4. The Hall–Kier alpha value is -3.69. The minimum Gasteiger partial charge on any atom is -0.494 e. The smallest absolute Gasteiger partial charge is 0.243 e. The predicted molar refractivity (Wildman–Crippen MR) is 125 cm³/mol. The van der Waals surface area contributed by atoms with Crippen molar-refractivity contribution in [1.29, 1.82) is 5.26 Å². The van der Waals surface area contributed by atoms with Gasteiger partial charge in [-0.3, -0.25) is 9.29 Å². The molecular weight excluding hydrogens is 477 g/mol. The number of halogens is 1. The molecule has 0 bridgehead atoms. The Kier molecular flexibility index (Phi) is 7.18. The van der Waals surface area contributed by atoms with Gasteiger partial charge in [0, 0.05) is 12.5 Å². The van der Waals surface area contributed by atoms with E-state index in [4.69, 9.17) is 14.2 Å². The molecule has 0 saturated carbocycles. The Bertz CT molecular complexity index is 1340. The van der Waals surface area contributed by atoms with Crippen LogP contribution in [-0.2, 0) is 21.2 Å². The van der Waals surface area contributed by atoms with Crippen molar-refractivity contribution in [3.8, 4) is 23.3 Å². The molecule has 2 heterocycles. The second-order valence-corrected chi connectivity index (χ2v) is 9.71. The molecule has 184 valence electrons. The largest absolute Gasteiger partial charge is 0.494 e. The van der Waals surface area contributed by atoms with Crippen molar-refractivity contribution in [3.63, 3.8) is 0 Å². The first-order chi connectivity index (χ1) is 16.9. The lowest BCUT2D eigenvalue weighted by molar-refractivity contribution is 0.193. The third-order valence-corrected chi connectivity index (χ3v) is 6.92. The fourth-order valence-electron chi connectivity index (χ4n) is 3.94. The van der Waals surface area contributed by atoms with Crippen LogP contribution in [0.2, 0.25) is 0 Å². The lowest BCUT2D eigenvalue weighted by Gasteiger charge is -2.19. The number of benzene rings is 2. The van der Waals surface area contributed by atoms with Crippen LogP contribution in [0.5, 0.6) is 11.5 Å². The van der Waals surface area contributed by atoms with Gasteiger partial charge in [-0.25, -0.2) is 12.8 Å². The third kappa shape index (κ3) is 5.21. The zero-order valence-corrected chi connectivity index (χ0v) is 20.0. The van der Waals surface area contributed by atoms with Gasteiger partial charge in [0.2, 0.25) is 16.0 Å². The maximum atomic E-state index is 13.4. The van der Waals surface area contributed by atoms with Gasteiger partial charge in [-0.1, -0.05) is 12.1 Å². The summed E-state index contributed by atoms with van der Waals surface area (Å²) in [7, 11) is -0.937. The van der Waals surface area contributed by atoms with Crippen molar-refractivity contribution in [1.82, 2.24) is 14.8 Å². The molecule has 12 heteroatoms. The summed E-state index contributed by atoms with van der Waals surface area (Å²) in [5, 5.41) is 17.6. The molecule has 0 radical (unpaired) electrons. The van der Waals surface area contributed by atoms with Gasteiger partial charge in [-0.05, 0) is 42.7 Å². The van der Waals surface area contributed by atoms with E-state index < -0.39 is 15.8 Å². The monoisotopic (exact) mass is 501 g/mol. The van der Waals surface area contributed by atoms with E-state index in [1.165, 1.54) is 26.4 Å². The van der Waals surface area contributed by atoms with Gasteiger partial charge in [0.05, 0.1) is 38.2 Å². The molecule has 0 aliphatic carbocycles. The molecule has 1 N–H and O–H groups in total. The molecule has 1 saturated heterocycles. The molecule has 0 unspecified atom stereocenters. The second kappa shape index (κ2) is 10.3. The fourth-order valence-corrected chi connectivity index (χ4v) is 4.94. The standard InChI is InChI=1S/C23H24FN5O5S/c1-32-19-4-3-5-20(33-2)21(19)29-22(16-8-10-34-14-16)26-27-23(29)28-35(30,31)11-9-15-6-7-18(24)12-17(15)13-25/h3-7,12,16H,8-11,14H2,1-2H3,(H,27,28)/t16-/m1/s1. The molecule has 10 nitrogen and oxygen atoms in total. The normalized spacial score (nSPS) is 15.5. The van der Waals surface area contributed by atoms with Crippen LogP contribution in [0.3, 0.4) is 0 Å². The first kappa shape index (κ1) is 24.4. The Labute approximate surface area is 202 Å². The van der Waals surface area contributed by atoms with E-state index in [0.29, 0.717) is 48.2 Å². The van der Waals surface area contributed by atoms with Crippen molar-refractivity contribution in [2.45, 2.75) is 18.8 Å². The summed E-state index contributed by atoms with van der Waals surface area (Å²) in [5.74, 6) is 0.332. The van der Waals surface area contributed by atoms with Gasteiger partial charge in [-0.2, -0.15) is 5.26 Å². The number of ether oxygens (including phenoxy) is 3. The van der Waals surface area contributed by atoms with E-state index >= 15 is 0 Å². The van der Waals surface area contributed by atoms with Crippen LogP contribution in [0.25, 0.3) is 5.69 Å². The minimum atomic E-state index is -3.94. The summed E-state index contributed by atoms with van der Waals surface area (Å²) < 4.78 is 60.1. The number of aromatic nitrogens is 3. The number of hydrogen-bond acceptors (Lipinski definition) is 8. The van der Waals surface area contributed by atoms with E-state index in [1.807, 2.05) is 6.07 Å². The van der Waals surface area contributed by atoms with Crippen molar-refractivity contribution < 1.29 is 27.0 Å². The van der Waals surface area contributed by atoms with Crippen LogP contribution < -0.4 is 14.2 Å². The van der Waals surface area contributed by atoms with E-state index in [2.05, 4.69) is 14.9 Å². The van der Waals surface area contributed by atoms with Crippen LogP contribution in [0.15, 0.2) is 36.4 Å². The fraction of sp³-hybridized carbons (Fsp3) is 0.348. The first-order valence-corrected chi connectivity index (χ1v) is 12.5. The number of rotatable bonds is 9. The Morgan fingerprint density at radius 2 is 1.97 bits per heavy atom. The average Bonchev–Trinajstić information content (AvgIpc) is 3.52. The zero-order valence-electron chi connectivity index (χ0n) is 19.2. The summed E-state index contributed by atoms with van der Waals surface area (Å²) in [6, 6.07) is 10.8. The summed E-state index contributed by atoms with van der Waals surface area (Å²) >= 11 is 0. The highest BCUT2D eigenvalue weighted by atomic mass is 32.2. The summed E-state index contributed by atoms with van der Waals surface area (Å²) in [5.41, 5.74) is 0.967. The molecule has 1 aliphatic rings. The molecule has 4 rings (SSSR count). The molecule has 3 aromatic rings. The molecule has 35 heavy (non-hydrogen) atoms. The quantitative estimate of drug-likeness (QED) is 0.474. The highest BCUT2D eigenvalue weighted by Gasteiger charge is 2.30. The molecule has 1 aromatic heterocycles. The molecule has 0 amide bonds. The molecule has 1 atom stereocenters. The number of para-hydroxylation sites is 1. The van der Waals surface area contributed by atoms with E-state index in [9.17, 15) is 18.1 Å². The highest BCUT2D eigenvalue weighted by molar-refractivity contribution is 7.92. The van der Waals surface area contributed by atoms with Crippen molar-refractivity contribution in [2.24, 2.45) is 0 Å². The Balaban J connectivity index is 1.70. The van der Waals surface area contributed by atoms with Crippen LogP contribution in [0, 0.1) is 17.1 Å². The van der Waals surface area contributed by atoms with E-state index in [0.717, 1.165) is 6.07 Å². The summed E-state index contributed by atoms with van der Waals surface area (Å²) in [6.07, 6.45) is 0.706. The summed E-state index contributed by atoms with van der Waals surface area (Å²) in [6.45, 7) is 0.977. The third-order valence-electron chi connectivity index (χ3n) is 5.69. The minimum absolute atomic E-state index is 0.00788. The second-order valence-electron chi connectivity index (χ2n) is 7.87. The van der Waals surface area contributed by atoms with Gasteiger partial charge in [0.25, 0.3) is 0 Å². The maximum Gasteiger partial charge on any atom is 0.243 e. The molecule has 1 fully saturated rings. The van der Waals surface area contributed by atoms with Crippen molar-refractivity contribution in [2.75, 3.05) is 37.9 Å². The number of sulfonamides is 1. The number of methoxy groups -OCH3 is 2. The molecular formula is C23H24FN5O5S. The molecule has 1 aliphatic heterocycles. The topological polar surface area (TPSA) is 128 Å². The van der Waals surface area contributed by atoms with Crippen LogP contribution in [-0.4, -0.2) is 56.4 Å². The van der Waals surface area contributed by atoms with Gasteiger partial charge in [0.1, 0.15) is 28.8 Å². The van der Waals surface area contributed by atoms with Crippen LogP contribution in [0.1, 0.15) is 29.3 Å². The highest BCUT2D eigenvalue weighted by Crippen LogP contribution is 2.38. The maximum absolute atomic E-state index is 13.4. The molecule has 0 spiro atoms.